The molecule has 0 heterocycles. The first-order chi connectivity index (χ1) is 8.86. The number of sulfone groups is 1. The van der Waals surface area contributed by atoms with Gasteiger partial charge in [0, 0.05) is 18.8 Å². The van der Waals surface area contributed by atoms with Crippen molar-refractivity contribution >= 4 is 9.84 Å². The summed E-state index contributed by atoms with van der Waals surface area (Å²) in [5, 5.41) is -0.657. The van der Waals surface area contributed by atoms with E-state index in [1.165, 1.54) is 19.2 Å². The van der Waals surface area contributed by atoms with E-state index < -0.39 is 20.6 Å². The minimum absolute atomic E-state index is 0.0397. The van der Waals surface area contributed by atoms with E-state index in [4.69, 9.17) is 10.5 Å². The van der Waals surface area contributed by atoms with Gasteiger partial charge in [0.15, 0.2) is 9.84 Å². The first-order valence-electron chi connectivity index (χ1n) is 6.11. The number of rotatable bonds is 5. The lowest BCUT2D eigenvalue weighted by Crippen LogP contribution is -2.36. The molecule has 1 saturated carbocycles. The van der Waals surface area contributed by atoms with Gasteiger partial charge in [-0.15, -0.1) is 0 Å². The third kappa shape index (κ3) is 2.40. The van der Waals surface area contributed by atoms with Crippen molar-refractivity contribution in [1.29, 1.82) is 0 Å². The largest absolute Gasteiger partial charge is 0.383 e. The number of hydrogen-bond donors (Lipinski definition) is 1. The third-order valence-corrected chi connectivity index (χ3v) is 6.00. The Morgan fingerprint density at radius 1 is 1.37 bits per heavy atom. The summed E-state index contributed by atoms with van der Waals surface area (Å²) < 4.78 is 42.2. The molecule has 0 spiro atoms. The first kappa shape index (κ1) is 14.4. The molecule has 0 aliphatic heterocycles. The molecule has 4 nitrogen and oxygen atoms in total. The predicted molar refractivity (Wildman–Crippen MR) is 71.2 cm³/mol. The van der Waals surface area contributed by atoms with Gasteiger partial charge in [-0.25, -0.2) is 12.8 Å². The van der Waals surface area contributed by atoms with Crippen molar-refractivity contribution in [1.82, 2.24) is 0 Å². The topological polar surface area (TPSA) is 69.4 Å². The van der Waals surface area contributed by atoms with Crippen LogP contribution in [0.2, 0.25) is 0 Å². The lowest BCUT2D eigenvalue weighted by molar-refractivity contribution is 0.171. The van der Waals surface area contributed by atoms with Crippen molar-refractivity contribution in [2.45, 2.75) is 23.6 Å². The number of methoxy groups -OCH3 is 1. The van der Waals surface area contributed by atoms with Gasteiger partial charge in [-0.05, 0) is 17.7 Å². The molecule has 2 N–H and O–H groups in total. The van der Waals surface area contributed by atoms with Crippen molar-refractivity contribution < 1.29 is 17.5 Å². The summed E-state index contributed by atoms with van der Waals surface area (Å²) in [6.45, 7) is 1.77. The molecule has 1 fully saturated rings. The highest BCUT2D eigenvalue weighted by Crippen LogP contribution is 2.54. The van der Waals surface area contributed by atoms with Crippen LogP contribution in [-0.4, -0.2) is 38.7 Å². The molecule has 1 aliphatic rings. The van der Waals surface area contributed by atoms with Crippen LogP contribution in [0.15, 0.2) is 24.3 Å². The average Bonchev–Trinajstić information content (AvgIpc) is 2.97. The van der Waals surface area contributed by atoms with Gasteiger partial charge < -0.3 is 10.5 Å². The monoisotopic (exact) mass is 287 g/mol. The van der Waals surface area contributed by atoms with E-state index in [2.05, 4.69) is 0 Å². The standard InChI is InChI=1S/C13H18FNO3S/c1-3-19(16,17)12-11(13(12,15)8-18-2)9-4-6-10(14)7-5-9/h4-7,11-12H,3,8,15H2,1-2H3/t11-,12-,13+/m1/s1. The van der Waals surface area contributed by atoms with Crippen LogP contribution in [0.3, 0.4) is 0 Å². The molecule has 1 aliphatic carbocycles. The van der Waals surface area contributed by atoms with E-state index in [0.29, 0.717) is 0 Å². The smallest absolute Gasteiger partial charge is 0.155 e. The van der Waals surface area contributed by atoms with E-state index >= 15 is 0 Å². The van der Waals surface area contributed by atoms with Crippen LogP contribution in [0, 0.1) is 5.82 Å². The maximum atomic E-state index is 12.9. The first-order valence-corrected chi connectivity index (χ1v) is 7.83. The number of nitrogens with two attached hydrogens (primary N) is 1. The van der Waals surface area contributed by atoms with Crippen LogP contribution < -0.4 is 5.73 Å². The molecule has 0 unspecified atom stereocenters. The molecular weight excluding hydrogens is 269 g/mol. The molecule has 1 aromatic rings. The lowest BCUT2D eigenvalue weighted by atomic mass is 10.1. The second kappa shape index (κ2) is 4.85. The number of hydrogen-bond acceptors (Lipinski definition) is 4. The van der Waals surface area contributed by atoms with Crippen LogP contribution >= 0.6 is 0 Å². The van der Waals surface area contributed by atoms with Gasteiger partial charge in [0.25, 0.3) is 0 Å². The summed E-state index contributed by atoms with van der Waals surface area (Å²) in [6.07, 6.45) is 0. The Labute approximate surface area is 112 Å². The van der Waals surface area contributed by atoms with Gasteiger partial charge in [0.05, 0.1) is 17.4 Å². The fraction of sp³-hybridized carbons (Fsp3) is 0.538. The third-order valence-electron chi connectivity index (χ3n) is 3.72. The molecule has 0 saturated heterocycles. The Bertz CT molecular complexity index is 558. The fourth-order valence-electron chi connectivity index (χ4n) is 2.72. The highest BCUT2D eigenvalue weighted by molar-refractivity contribution is 7.92. The molecule has 0 aromatic heterocycles. The zero-order valence-electron chi connectivity index (χ0n) is 11.0. The van der Waals surface area contributed by atoms with Gasteiger partial charge in [-0.2, -0.15) is 0 Å². The van der Waals surface area contributed by atoms with Crippen LogP contribution in [0.1, 0.15) is 18.4 Å². The van der Waals surface area contributed by atoms with E-state index in [1.807, 2.05) is 0 Å². The second-order valence-corrected chi connectivity index (χ2v) is 7.36. The number of ether oxygens (including phenoxy) is 1. The number of benzene rings is 1. The highest BCUT2D eigenvalue weighted by atomic mass is 32.2. The summed E-state index contributed by atoms with van der Waals surface area (Å²) in [7, 11) is -1.77. The van der Waals surface area contributed by atoms with Gasteiger partial charge in [0.2, 0.25) is 0 Å². The van der Waals surface area contributed by atoms with E-state index in [-0.39, 0.29) is 24.1 Å². The molecule has 106 valence electrons. The van der Waals surface area contributed by atoms with Gasteiger partial charge in [0.1, 0.15) is 5.82 Å². The van der Waals surface area contributed by atoms with Crippen molar-refractivity contribution in [2.24, 2.45) is 5.73 Å². The Morgan fingerprint density at radius 2 is 1.95 bits per heavy atom. The van der Waals surface area contributed by atoms with Gasteiger partial charge in [-0.3, -0.25) is 0 Å². The van der Waals surface area contributed by atoms with E-state index in [0.717, 1.165) is 5.56 Å². The minimum atomic E-state index is -3.26. The predicted octanol–water partition coefficient (Wildman–Crippen LogP) is 1.07. The zero-order valence-corrected chi connectivity index (χ0v) is 11.8. The lowest BCUT2D eigenvalue weighted by Gasteiger charge is -2.10. The Kier molecular flexibility index (Phi) is 3.68. The SMILES string of the molecule is CCS(=O)(=O)[C@@H]1[C@@H](c2ccc(F)cc2)[C@@]1(N)COC. The molecule has 3 atom stereocenters. The quantitative estimate of drug-likeness (QED) is 0.879. The molecule has 0 radical (unpaired) electrons. The van der Waals surface area contributed by atoms with Crippen LogP contribution in [0.25, 0.3) is 0 Å². The maximum Gasteiger partial charge on any atom is 0.155 e. The maximum absolute atomic E-state index is 12.9. The average molecular weight is 287 g/mol. The normalized spacial score (nSPS) is 30.3. The van der Waals surface area contributed by atoms with Crippen LogP contribution in [0.5, 0.6) is 0 Å². The Morgan fingerprint density at radius 3 is 2.42 bits per heavy atom. The molecule has 2 rings (SSSR count). The molecule has 1 aromatic carbocycles. The van der Waals surface area contributed by atoms with Crippen LogP contribution in [0.4, 0.5) is 4.39 Å². The molecule has 0 bridgehead atoms. The molecule has 0 amide bonds. The van der Waals surface area contributed by atoms with Crippen molar-refractivity contribution in [2.75, 3.05) is 19.5 Å². The fourth-order valence-corrected chi connectivity index (χ4v) is 4.71. The molecular formula is C13H18FNO3S. The van der Waals surface area contributed by atoms with Crippen LogP contribution in [-0.2, 0) is 14.6 Å². The Balaban J connectivity index is 2.36. The highest BCUT2D eigenvalue weighted by Gasteiger charge is 2.68. The summed E-state index contributed by atoms with van der Waals surface area (Å²) >= 11 is 0. The van der Waals surface area contributed by atoms with E-state index in [9.17, 15) is 12.8 Å². The van der Waals surface area contributed by atoms with Crippen molar-refractivity contribution in [3.05, 3.63) is 35.6 Å². The zero-order chi connectivity index (χ0) is 14.3. The molecule has 6 heteroatoms. The summed E-state index contributed by atoms with van der Waals surface area (Å²) in [6, 6.07) is 5.80. The molecule has 19 heavy (non-hydrogen) atoms. The van der Waals surface area contributed by atoms with Gasteiger partial charge in [-0.1, -0.05) is 19.1 Å². The number of halogens is 1. The Hall–Kier alpha value is -0.980. The second-order valence-electron chi connectivity index (χ2n) is 4.95. The van der Waals surface area contributed by atoms with Crippen molar-refractivity contribution in [3.63, 3.8) is 0 Å². The van der Waals surface area contributed by atoms with Crippen molar-refractivity contribution in [3.8, 4) is 0 Å². The summed E-state index contributed by atoms with van der Waals surface area (Å²) in [5.74, 6) is -0.649. The van der Waals surface area contributed by atoms with Gasteiger partial charge >= 0.3 is 0 Å². The van der Waals surface area contributed by atoms with E-state index in [1.54, 1.807) is 19.1 Å². The summed E-state index contributed by atoms with van der Waals surface area (Å²) in [4.78, 5) is 0. The minimum Gasteiger partial charge on any atom is -0.383 e. The summed E-state index contributed by atoms with van der Waals surface area (Å²) in [5.41, 5.74) is 6.00.